The van der Waals surface area contributed by atoms with Crippen molar-refractivity contribution < 1.29 is 32.5 Å². The first kappa shape index (κ1) is 23.3. The highest BCUT2D eigenvalue weighted by Crippen LogP contribution is 2.60. The van der Waals surface area contributed by atoms with Gasteiger partial charge in [-0.15, -0.1) is 5.10 Å². The molecule has 0 spiro atoms. The zero-order valence-electron chi connectivity index (χ0n) is 18.4. The molecule has 10 heteroatoms. The molecule has 0 radical (unpaired) electrons. The van der Waals surface area contributed by atoms with Gasteiger partial charge in [0, 0.05) is 17.5 Å². The summed E-state index contributed by atoms with van der Waals surface area (Å²) >= 11 is 0. The van der Waals surface area contributed by atoms with Crippen LogP contribution < -0.4 is 9.47 Å². The van der Waals surface area contributed by atoms with Gasteiger partial charge in [0.1, 0.15) is 5.75 Å². The predicted molar refractivity (Wildman–Crippen MR) is 112 cm³/mol. The zero-order valence-corrected chi connectivity index (χ0v) is 18.4. The van der Waals surface area contributed by atoms with Gasteiger partial charge < -0.3 is 14.6 Å². The molecule has 178 valence electrons. The molecule has 2 fully saturated rings. The number of halogens is 3. The van der Waals surface area contributed by atoms with Crippen LogP contribution in [-0.2, 0) is 4.79 Å². The number of ether oxygens (including phenoxy) is 2. The molecule has 0 aromatic carbocycles. The number of hydrogen-bond acceptors (Lipinski definition) is 6. The molecule has 2 atom stereocenters. The molecule has 2 aromatic heterocycles. The number of nitrogens with zero attached hydrogens (tertiary/aromatic N) is 3. The van der Waals surface area contributed by atoms with Crippen molar-refractivity contribution in [2.75, 3.05) is 13.7 Å². The number of rotatable bonds is 7. The van der Waals surface area contributed by atoms with Crippen molar-refractivity contribution in [1.82, 2.24) is 15.2 Å². The van der Waals surface area contributed by atoms with E-state index in [4.69, 9.17) is 9.47 Å². The molecule has 2 saturated carbocycles. The summed E-state index contributed by atoms with van der Waals surface area (Å²) in [7, 11) is 1.52. The Morgan fingerprint density at radius 2 is 1.97 bits per heavy atom. The van der Waals surface area contributed by atoms with Crippen LogP contribution >= 0.6 is 0 Å². The standard InChI is InChI=1S/C23H26F3N3O4/c1-22(21(30)31)10-16(22)20-18(32-2)8-7-17(28-20)14-9-19(29-27-11-14)33-12-13-3-5-15(6-4-13)23(24,25)26/h7-9,11,13,15-16H,3-6,10,12H2,1-2H3,(H,30,31). The third kappa shape index (κ3) is 4.89. The first-order valence-corrected chi connectivity index (χ1v) is 10.9. The fraction of sp³-hybridized carbons (Fsp3) is 0.565. The summed E-state index contributed by atoms with van der Waals surface area (Å²) in [5.41, 5.74) is 0.938. The maximum absolute atomic E-state index is 12.8. The summed E-state index contributed by atoms with van der Waals surface area (Å²) in [5, 5.41) is 17.4. The number of carbonyl (C=O) groups is 1. The molecule has 0 saturated heterocycles. The van der Waals surface area contributed by atoms with Gasteiger partial charge in [0.15, 0.2) is 0 Å². The summed E-state index contributed by atoms with van der Waals surface area (Å²) in [5.74, 6) is -1.49. The van der Waals surface area contributed by atoms with Crippen LogP contribution in [0.15, 0.2) is 24.4 Å². The van der Waals surface area contributed by atoms with Gasteiger partial charge in [0.2, 0.25) is 5.88 Å². The highest BCUT2D eigenvalue weighted by Gasteiger charge is 2.59. The minimum atomic E-state index is -4.13. The van der Waals surface area contributed by atoms with E-state index in [1.807, 2.05) is 0 Å². The van der Waals surface area contributed by atoms with Crippen molar-refractivity contribution in [2.45, 2.75) is 51.1 Å². The van der Waals surface area contributed by atoms with Crippen molar-refractivity contribution in [3.05, 3.63) is 30.1 Å². The molecule has 2 unspecified atom stereocenters. The lowest BCUT2D eigenvalue weighted by atomic mass is 9.82. The fourth-order valence-corrected chi connectivity index (χ4v) is 4.46. The topological polar surface area (TPSA) is 94.4 Å². The van der Waals surface area contributed by atoms with E-state index >= 15 is 0 Å². The highest BCUT2D eigenvalue weighted by molar-refractivity contribution is 5.80. The van der Waals surface area contributed by atoms with Crippen molar-refractivity contribution in [3.8, 4) is 22.9 Å². The molecule has 33 heavy (non-hydrogen) atoms. The second-order valence-corrected chi connectivity index (χ2v) is 9.12. The van der Waals surface area contributed by atoms with Gasteiger partial charge >= 0.3 is 12.1 Å². The van der Waals surface area contributed by atoms with E-state index in [0.717, 1.165) is 0 Å². The molecule has 1 N–H and O–H groups in total. The summed E-state index contributed by atoms with van der Waals surface area (Å²) in [6.45, 7) is 1.97. The second kappa shape index (κ2) is 8.79. The van der Waals surface area contributed by atoms with Gasteiger partial charge in [-0.25, -0.2) is 4.98 Å². The molecule has 4 rings (SSSR count). The highest BCUT2D eigenvalue weighted by atomic mass is 19.4. The maximum atomic E-state index is 12.8. The molecular formula is C23H26F3N3O4. The summed E-state index contributed by atoms with van der Waals surface area (Å²) in [6, 6.07) is 5.18. The first-order valence-electron chi connectivity index (χ1n) is 10.9. The summed E-state index contributed by atoms with van der Waals surface area (Å²) in [6.07, 6.45) is -0.943. The predicted octanol–water partition coefficient (Wildman–Crippen LogP) is 4.87. The van der Waals surface area contributed by atoms with E-state index in [2.05, 4.69) is 15.2 Å². The maximum Gasteiger partial charge on any atom is 0.391 e. The smallest absolute Gasteiger partial charge is 0.391 e. The lowest BCUT2D eigenvalue weighted by Crippen LogP contribution is -2.29. The number of alkyl halides is 3. The van der Waals surface area contributed by atoms with E-state index in [-0.39, 0.29) is 37.2 Å². The van der Waals surface area contributed by atoms with Crippen molar-refractivity contribution in [1.29, 1.82) is 0 Å². The molecule has 2 heterocycles. The monoisotopic (exact) mass is 465 g/mol. The van der Waals surface area contributed by atoms with Gasteiger partial charge in [-0.2, -0.15) is 18.3 Å². The normalized spacial score (nSPS) is 27.1. The van der Waals surface area contributed by atoms with Gasteiger partial charge in [-0.05, 0) is 57.1 Å². The Labute approximate surface area is 189 Å². The van der Waals surface area contributed by atoms with Crippen LogP contribution in [0.2, 0.25) is 0 Å². The van der Waals surface area contributed by atoms with Crippen LogP contribution in [-0.4, -0.2) is 46.2 Å². The number of aromatic nitrogens is 3. The Balaban J connectivity index is 1.44. The molecule has 2 aliphatic carbocycles. The van der Waals surface area contributed by atoms with Gasteiger partial charge in [-0.3, -0.25) is 4.79 Å². The van der Waals surface area contributed by atoms with E-state index in [1.54, 1.807) is 25.1 Å². The minimum absolute atomic E-state index is 0.0448. The van der Waals surface area contributed by atoms with E-state index in [0.29, 0.717) is 42.0 Å². The number of carboxylic acid groups (broad SMARTS) is 1. The fourth-order valence-electron chi connectivity index (χ4n) is 4.46. The number of carboxylic acids is 1. The lowest BCUT2D eigenvalue weighted by Gasteiger charge is -2.29. The molecular weight excluding hydrogens is 439 g/mol. The third-order valence-electron chi connectivity index (χ3n) is 6.87. The summed E-state index contributed by atoms with van der Waals surface area (Å²) in [4.78, 5) is 16.2. The number of pyridine rings is 1. The SMILES string of the molecule is COc1ccc(-c2cnnc(OCC3CCC(C(F)(F)F)CC3)c2)nc1C1CC1(C)C(=O)O. The van der Waals surface area contributed by atoms with Crippen LogP contribution in [0.3, 0.4) is 0 Å². The van der Waals surface area contributed by atoms with Crippen molar-refractivity contribution in [3.63, 3.8) is 0 Å². The molecule has 0 aliphatic heterocycles. The average Bonchev–Trinajstić information content (AvgIpc) is 3.50. The molecule has 2 aromatic rings. The van der Waals surface area contributed by atoms with Crippen LogP contribution in [0, 0.1) is 17.3 Å². The largest absolute Gasteiger partial charge is 0.495 e. The van der Waals surface area contributed by atoms with E-state index in [1.165, 1.54) is 13.3 Å². The van der Waals surface area contributed by atoms with Crippen LogP contribution in [0.25, 0.3) is 11.3 Å². The Bertz CT molecular complexity index is 1020. The Kier molecular flexibility index (Phi) is 6.20. The number of hydrogen-bond donors (Lipinski definition) is 1. The Morgan fingerprint density at radius 1 is 1.24 bits per heavy atom. The average molecular weight is 465 g/mol. The Morgan fingerprint density at radius 3 is 2.58 bits per heavy atom. The van der Waals surface area contributed by atoms with E-state index < -0.39 is 23.5 Å². The number of aliphatic carboxylic acids is 1. The Hall–Kier alpha value is -2.91. The second-order valence-electron chi connectivity index (χ2n) is 9.12. The third-order valence-corrected chi connectivity index (χ3v) is 6.87. The van der Waals surface area contributed by atoms with Gasteiger partial charge in [0.25, 0.3) is 0 Å². The van der Waals surface area contributed by atoms with Crippen LogP contribution in [0.4, 0.5) is 13.2 Å². The van der Waals surface area contributed by atoms with Crippen molar-refractivity contribution >= 4 is 5.97 Å². The minimum Gasteiger partial charge on any atom is -0.495 e. The summed E-state index contributed by atoms with van der Waals surface area (Å²) < 4.78 is 49.7. The zero-order chi connectivity index (χ0) is 23.8. The quantitative estimate of drug-likeness (QED) is 0.623. The molecule has 7 nitrogen and oxygen atoms in total. The first-order chi connectivity index (χ1) is 15.6. The van der Waals surface area contributed by atoms with Crippen molar-refractivity contribution in [2.24, 2.45) is 17.3 Å². The molecule has 0 amide bonds. The number of methoxy groups -OCH3 is 1. The van der Waals surface area contributed by atoms with Crippen LogP contribution in [0.5, 0.6) is 11.6 Å². The van der Waals surface area contributed by atoms with E-state index in [9.17, 15) is 23.1 Å². The van der Waals surface area contributed by atoms with Crippen LogP contribution in [0.1, 0.15) is 50.6 Å². The lowest BCUT2D eigenvalue weighted by molar-refractivity contribution is -0.184. The molecule has 0 bridgehead atoms. The molecule has 2 aliphatic rings. The van der Waals surface area contributed by atoms with Gasteiger partial charge in [-0.1, -0.05) is 0 Å². The van der Waals surface area contributed by atoms with Gasteiger partial charge in [0.05, 0.1) is 42.6 Å².